The Bertz CT molecular complexity index is 1420. The molecule has 43 heavy (non-hydrogen) atoms. The lowest BCUT2D eigenvalue weighted by Gasteiger charge is -2.52. The smallest absolute Gasteiger partial charge is 0.253 e. The molecule has 6 heteroatoms. The molecule has 6 nitrogen and oxygen atoms in total. The van der Waals surface area contributed by atoms with Crippen molar-refractivity contribution < 1.29 is 18.9 Å². The molecule has 0 fully saturated rings. The molecule has 1 spiro atoms. The minimum atomic E-state index is -0.883. The molecule has 2 aromatic rings. The summed E-state index contributed by atoms with van der Waals surface area (Å²) in [5.41, 5.74) is 6.12. The van der Waals surface area contributed by atoms with Crippen LogP contribution in [-0.2, 0) is 20.3 Å². The molecule has 4 heterocycles. The molecule has 0 aromatic heterocycles. The molecule has 0 aliphatic carbocycles. The lowest BCUT2D eigenvalue weighted by Crippen LogP contribution is -2.56. The van der Waals surface area contributed by atoms with Crippen molar-refractivity contribution in [3.8, 4) is 11.5 Å². The summed E-state index contributed by atoms with van der Waals surface area (Å²) in [6.07, 6.45) is 1.42. The summed E-state index contributed by atoms with van der Waals surface area (Å²) >= 11 is 0. The quantitative estimate of drug-likeness (QED) is 0.356. The van der Waals surface area contributed by atoms with E-state index in [1.165, 1.54) is 22.3 Å². The Balaban J connectivity index is 1.48. The second kappa shape index (κ2) is 9.49. The first kappa shape index (κ1) is 30.0. The molecule has 0 bridgehead atoms. The Kier molecular flexibility index (Phi) is 6.63. The van der Waals surface area contributed by atoms with Crippen LogP contribution in [0.2, 0.25) is 0 Å². The van der Waals surface area contributed by atoms with Gasteiger partial charge in [-0.15, -0.1) is 0 Å². The lowest BCUT2D eigenvalue weighted by molar-refractivity contribution is -0.166. The molecule has 232 valence electrons. The number of ether oxygens (including phenoxy) is 4. The van der Waals surface area contributed by atoms with Gasteiger partial charge in [-0.3, -0.25) is 0 Å². The fourth-order valence-corrected chi connectivity index (χ4v) is 7.16. The normalized spacial score (nSPS) is 25.0. The summed E-state index contributed by atoms with van der Waals surface area (Å²) in [6.45, 7) is 27.9. The van der Waals surface area contributed by atoms with E-state index >= 15 is 0 Å². The first-order valence-corrected chi connectivity index (χ1v) is 15.9. The molecule has 0 saturated carbocycles. The van der Waals surface area contributed by atoms with Crippen LogP contribution in [0.15, 0.2) is 34.3 Å². The van der Waals surface area contributed by atoms with E-state index in [0.29, 0.717) is 37.9 Å². The summed E-state index contributed by atoms with van der Waals surface area (Å²) in [5, 5.41) is 0. The summed E-state index contributed by atoms with van der Waals surface area (Å²) in [7, 11) is 0. The van der Waals surface area contributed by atoms with Crippen LogP contribution in [0.25, 0.3) is 0 Å². The molecular weight excluding hydrogens is 536 g/mol. The van der Waals surface area contributed by atoms with Crippen LogP contribution in [0.5, 0.6) is 11.5 Å². The highest BCUT2D eigenvalue weighted by Crippen LogP contribution is 2.55. The predicted octanol–water partition coefficient (Wildman–Crippen LogP) is 8.20. The Hall–Kier alpha value is -3.02. The number of aryl methyl sites for hydroxylation is 2. The van der Waals surface area contributed by atoms with Gasteiger partial charge in [0.1, 0.15) is 24.7 Å². The van der Waals surface area contributed by atoms with Gasteiger partial charge in [0.25, 0.3) is 5.79 Å². The molecule has 0 unspecified atom stereocenters. The van der Waals surface area contributed by atoms with Crippen molar-refractivity contribution in [3.63, 3.8) is 0 Å². The number of hydrogen-bond acceptors (Lipinski definition) is 6. The SMILES string of the molecule is Cc1cc(C2=N[C@@H](C(C)(C)C)CO2)c2c(c1)C(C)(C)CC1(CC(C)(C)c3cc(C)cc(C4=N[C@@H](C(C)(C)C)CO4)c3O1)O2. The van der Waals surface area contributed by atoms with Crippen molar-refractivity contribution in [1.82, 2.24) is 0 Å². The van der Waals surface area contributed by atoms with Crippen molar-refractivity contribution in [2.45, 2.75) is 125 Å². The van der Waals surface area contributed by atoms with Gasteiger partial charge in [0, 0.05) is 34.8 Å². The Morgan fingerprint density at radius 2 is 1.00 bits per heavy atom. The zero-order valence-electron chi connectivity index (χ0n) is 28.3. The van der Waals surface area contributed by atoms with E-state index in [4.69, 9.17) is 28.9 Å². The van der Waals surface area contributed by atoms with Crippen LogP contribution in [0.1, 0.15) is 115 Å². The first-order valence-electron chi connectivity index (χ1n) is 15.9. The van der Waals surface area contributed by atoms with Gasteiger partial charge in [-0.2, -0.15) is 0 Å². The monoisotopic (exact) mass is 586 g/mol. The van der Waals surface area contributed by atoms with Gasteiger partial charge in [-0.25, -0.2) is 9.98 Å². The molecule has 0 radical (unpaired) electrons. The Labute approximate surface area is 258 Å². The lowest BCUT2D eigenvalue weighted by atomic mass is 9.68. The molecule has 0 saturated heterocycles. The van der Waals surface area contributed by atoms with Gasteiger partial charge >= 0.3 is 0 Å². The number of fused-ring (bicyclic) bond motifs is 2. The van der Waals surface area contributed by atoms with Crippen LogP contribution in [-0.4, -0.2) is 42.9 Å². The van der Waals surface area contributed by atoms with Crippen LogP contribution >= 0.6 is 0 Å². The maximum absolute atomic E-state index is 7.17. The third-order valence-corrected chi connectivity index (χ3v) is 9.69. The summed E-state index contributed by atoms with van der Waals surface area (Å²) in [4.78, 5) is 10.1. The number of rotatable bonds is 2. The van der Waals surface area contributed by atoms with Crippen molar-refractivity contribution >= 4 is 11.8 Å². The third-order valence-electron chi connectivity index (χ3n) is 9.69. The van der Waals surface area contributed by atoms with Gasteiger partial charge in [0.2, 0.25) is 11.8 Å². The molecule has 6 rings (SSSR count). The average Bonchev–Trinajstić information content (AvgIpc) is 3.54. The second-order valence-corrected chi connectivity index (χ2v) is 16.9. The van der Waals surface area contributed by atoms with Gasteiger partial charge in [-0.1, -0.05) is 81.4 Å². The zero-order chi connectivity index (χ0) is 31.3. The topological polar surface area (TPSA) is 61.6 Å². The highest BCUT2D eigenvalue weighted by molar-refractivity contribution is 5.99. The Morgan fingerprint density at radius 1 is 0.628 bits per heavy atom. The molecular formula is C37H50N2O4. The fraction of sp³-hybridized carbons (Fsp3) is 0.622. The van der Waals surface area contributed by atoms with Crippen LogP contribution in [0.4, 0.5) is 0 Å². The van der Waals surface area contributed by atoms with E-state index in [1.54, 1.807) is 0 Å². The predicted molar refractivity (Wildman–Crippen MR) is 173 cm³/mol. The molecule has 2 aromatic carbocycles. The van der Waals surface area contributed by atoms with Crippen LogP contribution in [0.3, 0.4) is 0 Å². The first-order chi connectivity index (χ1) is 19.8. The molecule has 0 N–H and O–H groups in total. The van der Waals surface area contributed by atoms with Crippen LogP contribution in [0, 0.1) is 24.7 Å². The van der Waals surface area contributed by atoms with E-state index in [0.717, 1.165) is 22.6 Å². The van der Waals surface area contributed by atoms with Crippen molar-refractivity contribution in [2.75, 3.05) is 13.2 Å². The third kappa shape index (κ3) is 5.23. The number of hydrogen-bond donors (Lipinski definition) is 0. The summed E-state index contributed by atoms with van der Waals surface area (Å²) in [5.74, 6) is 2.10. The summed E-state index contributed by atoms with van der Waals surface area (Å²) < 4.78 is 26.9. The minimum absolute atomic E-state index is 0.0127. The number of aliphatic imine (C=N–C) groups is 2. The van der Waals surface area contributed by atoms with Crippen molar-refractivity contribution in [2.24, 2.45) is 20.8 Å². The van der Waals surface area contributed by atoms with E-state index in [9.17, 15) is 0 Å². The highest BCUT2D eigenvalue weighted by atomic mass is 16.7. The molecule has 4 aliphatic heterocycles. The number of benzene rings is 2. The molecule has 0 amide bonds. The van der Waals surface area contributed by atoms with Gasteiger partial charge < -0.3 is 18.9 Å². The maximum Gasteiger partial charge on any atom is 0.253 e. The summed E-state index contributed by atoms with van der Waals surface area (Å²) in [6, 6.07) is 9.01. The van der Waals surface area contributed by atoms with Gasteiger partial charge in [0.05, 0.1) is 23.2 Å². The minimum Gasteiger partial charge on any atom is -0.475 e. The molecule has 4 aliphatic rings. The second-order valence-electron chi connectivity index (χ2n) is 16.9. The number of nitrogens with zero attached hydrogens (tertiary/aromatic N) is 2. The van der Waals surface area contributed by atoms with Crippen molar-refractivity contribution in [3.05, 3.63) is 57.6 Å². The van der Waals surface area contributed by atoms with E-state index in [2.05, 4.69) is 107 Å². The maximum atomic E-state index is 7.17. The average molecular weight is 587 g/mol. The van der Waals surface area contributed by atoms with Crippen LogP contribution < -0.4 is 9.47 Å². The molecule has 2 atom stereocenters. The van der Waals surface area contributed by atoms with E-state index in [-0.39, 0.29) is 33.7 Å². The zero-order valence-corrected chi connectivity index (χ0v) is 28.3. The fourth-order valence-electron chi connectivity index (χ4n) is 7.16. The van der Waals surface area contributed by atoms with Crippen molar-refractivity contribution in [1.29, 1.82) is 0 Å². The standard InChI is InChI=1S/C37H50N2O4/c1-21-13-23(31-38-27(17-40-31)33(3,4)5)29-25(15-21)35(9,10)19-37(42-29)20-36(11,12)26-16-22(2)14-24(30(26)43-37)32-39-28(18-41-32)34(6,7)8/h13-16,27-28H,17-20H2,1-12H3/t27-,28-,37?/m1/s1. The van der Waals surface area contributed by atoms with E-state index < -0.39 is 5.79 Å². The Morgan fingerprint density at radius 3 is 1.33 bits per heavy atom. The van der Waals surface area contributed by atoms with E-state index in [1.807, 2.05) is 0 Å². The van der Waals surface area contributed by atoms with Gasteiger partial charge in [0.15, 0.2) is 0 Å². The van der Waals surface area contributed by atoms with Gasteiger partial charge in [-0.05, 0) is 47.9 Å². The highest BCUT2D eigenvalue weighted by Gasteiger charge is 2.55. The largest absolute Gasteiger partial charge is 0.475 e.